The zero-order valence-electron chi connectivity index (χ0n) is 13.6. The molecule has 0 fully saturated rings. The molecule has 0 aliphatic carbocycles. The molecule has 2 rings (SSSR count). The molecule has 1 aromatic heterocycles. The second-order valence-corrected chi connectivity index (χ2v) is 5.32. The summed E-state index contributed by atoms with van der Waals surface area (Å²) in [5.41, 5.74) is 1.23. The minimum atomic E-state index is 0.312. The first kappa shape index (κ1) is 16.9. The highest BCUT2D eigenvalue weighted by molar-refractivity contribution is 5.79. The third kappa shape index (κ3) is 6.42. The van der Waals surface area contributed by atoms with Crippen LogP contribution in [0.5, 0.6) is 5.75 Å². The van der Waals surface area contributed by atoms with E-state index >= 15 is 0 Å². The second kappa shape index (κ2) is 9.50. The van der Waals surface area contributed by atoms with E-state index in [1.54, 1.807) is 25.4 Å². The summed E-state index contributed by atoms with van der Waals surface area (Å²) in [5.74, 6) is 1.14. The molecule has 2 aromatic rings. The number of phenols is 1. The SMILES string of the molecule is CN=C(NCCCc1ccc(O)cc1)NCCCn1cccn1. The van der Waals surface area contributed by atoms with Crippen LogP contribution in [0.15, 0.2) is 47.7 Å². The van der Waals surface area contributed by atoms with Crippen LogP contribution in [0.3, 0.4) is 0 Å². The number of nitrogens with one attached hydrogen (secondary N) is 2. The molecule has 0 saturated heterocycles. The van der Waals surface area contributed by atoms with Crippen LogP contribution in [-0.4, -0.2) is 41.0 Å². The first-order chi connectivity index (χ1) is 11.3. The van der Waals surface area contributed by atoms with E-state index in [2.05, 4.69) is 20.7 Å². The Bertz CT molecular complexity index is 578. The predicted molar refractivity (Wildman–Crippen MR) is 92.6 cm³/mol. The Labute approximate surface area is 137 Å². The van der Waals surface area contributed by atoms with Gasteiger partial charge in [0.25, 0.3) is 0 Å². The number of aliphatic imine (C=N–C) groups is 1. The number of benzene rings is 1. The Kier molecular flexibility index (Phi) is 6.97. The Morgan fingerprint density at radius 1 is 1.17 bits per heavy atom. The largest absolute Gasteiger partial charge is 0.508 e. The average molecular weight is 315 g/mol. The van der Waals surface area contributed by atoms with E-state index in [1.165, 1.54) is 5.56 Å². The first-order valence-corrected chi connectivity index (χ1v) is 7.98. The fourth-order valence-corrected chi connectivity index (χ4v) is 2.26. The van der Waals surface area contributed by atoms with Gasteiger partial charge in [0, 0.05) is 39.1 Å². The van der Waals surface area contributed by atoms with Gasteiger partial charge in [-0.25, -0.2) is 0 Å². The second-order valence-electron chi connectivity index (χ2n) is 5.32. The number of hydrogen-bond acceptors (Lipinski definition) is 3. The first-order valence-electron chi connectivity index (χ1n) is 7.98. The Morgan fingerprint density at radius 3 is 2.57 bits per heavy atom. The van der Waals surface area contributed by atoms with Crippen molar-refractivity contribution < 1.29 is 5.11 Å². The fraction of sp³-hybridized carbons (Fsp3) is 0.412. The summed E-state index contributed by atoms with van der Waals surface area (Å²) < 4.78 is 1.93. The maximum Gasteiger partial charge on any atom is 0.190 e. The summed E-state index contributed by atoms with van der Waals surface area (Å²) in [6, 6.07) is 9.29. The molecule has 6 nitrogen and oxygen atoms in total. The molecule has 1 aromatic carbocycles. The van der Waals surface area contributed by atoms with Gasteiger partial charge in [0.1, 0.15) is 5.75 Å². The number of rotatable bonds is 8. The van der Waals surface area contributed by atoms with Crippen LogP contribution in [0.25, 0.3) is 0 Å². The lowest BCUT2D eigenvalue weighted by Gasteiger charge is -2.12. The van der Waals surface area contributed by atoms with Crippen LogP contribution in [-0.2, 0) is 13.0 Å². The van der Waals surface area contributed by atoms with Gasteiger partial charge in [-0.05, 0) is 43.0 Å². The van der Waals surface area contributed by atoms with Gasteiger partial charge in [0.05, 0.1) is 0 Å². The van der Waals surface area contributed by atoms with E-state index in [0.29, 0.717) is 5.75 Å². The van der Waals surface area contributed by atoms with E-state index in [4.69, 9.17) is 0 Å². The number of hydrogen-bond donors (Lipinski definition) is 3. The fourth-order valence-electron chi connectivity index (χ4n) is 2.26. The molecule has 0 unspecified atom stereocenters. The highest BCUT2D eigenvalue weighted by atomic mass is 16.3. The average Bonchev–Trinajstić information content (AvgIpc) is 3.08. The molecule has 0 radical (unpaired) electrons. The van der Waals surface area contributed by atoms with Crippen molar-refractivity contribution in [1.82, 2.24) is 20.4 Å². The molecular weight excluding hydrogens is 290 g/mol. The molecule has 0 bridgehead atoms. The number of nitrogens with zero attached hydrogens (tertiary/aromatic N) is 3. The Balaban J connectivity index is 1.56. The van der Waals surface area contributed by atoms with Crippen molar-refractivity contribution in [3.63, 3.8) is 0 Å². The molecule has 0 amide bonds. The normalized spacial score (nSPS) is 11.4. The molecule has 23 heavy (non-hydrogen) atoms. The molecule has 0 spiro atoms. The van der Waals surface area contributed by atoms with Crippen molar-refractivity contribution in [2.24, 2.45) is 4.99 Å². The highest BCUT2D eigenvalue weighted by Crippen LogP contribution is 2.10. The summed E-state index contributed by atoms with van der Waals surface area (Å²) in [5, 5.41) is 20.0. The molecule has 3 N–H and O–H groups in total. The molecular formula is C17H25N5O. The van der Waals surface area contributed by atoms with Crippen LogP contribution in [0.2, 0.25) is 0 Å². The quantitative estimate of drug-likeness (QED) is 0.394. The zero-order chi connectivity index (χ0) is 16.3. The number of phenolic OH excluding ortho intramolecular Hbond substituents is 1. The third-order valence-corrected chi connectivity index (χ3v) is 3.51. The number of guanidine groups is 1. The van der Waals surface area contributed by atoms with Crippen molar-refractivity contribution in [3.05, 3.63) is 48.3 Å². The van der Waals surface area contributed by atoms with E-state index in [1.807, 2.05) is 29.1 Å². The lowest BCUT2D eigenvalue weighted by atomic mass is 10.1. The van der Waals surface area contributed by atoms with Crippen molar-refractivity contribution in [1.29, 1.82) is 0 Å². The molecule has 0 aliphatic heterocycles. The van der Waals surface area contributed by atoms with Crippen LogP contribution in [0.1, 0.15) is 18.4 Å². The third-order valence-electron chi connectivity index (χ3n) is 3.51. The van der Waals surface area contributed by atoms with Crippen molar-refractivity contribution in [3.8, 4) is 5.75 Å². The van der Waals surface area contributed by atoms with Gasteiger partial charge in [-0.3, -0.25) is 9.67 Å². The molecule has 1 heterocycles. The minimum Gasteiger partial charge on any atom is -0.508 e. The summed E-state index contributed by atoms with van der Waals surface area (Å²) in [6.07, 6.45) is 6.75. The van der Waals surface area contributed by atoms with Gasteiger partial charge >= 0.3 is 0 Å². The van der Waals surface area contributed by atoms with Crippen LogP contribution in [0, 0.1) is 0 Å². The topological polar surface area (TPSA) is 74.5 Å². The zero-order valence-corrected chi connectivity index (χ0v) is 13.6. The van der Waals surface area contributed by atoms with Crippen LogP contribution >= 0.6 is 0 Å². The standard InChI is InChI=1S/C17H25N5O/c1-18-17(20-11-3-13-22-14-4-12-21-22)19-10-2-5-15-6-8-16(23)9-7-15/h4,6-9,12,14,23H,2-3,5,10-11,13H2,1H3,(H2,18,19,20). The number of aryl methyl sites for hydroxylation is 2. The van der Waals surface area contributed by atoms with Crippen LogP contribution in [0.4, 0.5) is 0 Å². The van der Waals surface area contributed by atoms with E-state index < -0.39 is 0 Å². The number of aromatic nitrogens is 2. The van der Waals surface area contributed by atoms with Gasteiger partial charge in [-0.15, -0.1) is 0 Å². The molecule has 0 saturated carbocycles. The predicted octanol–water partition coefficient (Wildman–Crippen LogP) is 1.78. The maximum atomic E-state index is 9.25. The van der Waals surface area contributed by atoms with Gasteiger partial charge in [-0.1, -0.05) is 12.1 Å². The van der Waals surface area contributed by atoms with Gasteiger partial charge < -0.3 is 15.7 Å². The van der Waals surface area contributed by atoms with Crippen molar-refractivity contribution in [2.75, 3.05) is 20.1 Å². The van der Waals surface area contributed by atoms with Gasteiger partial charge in [-0.2, -0.15) is 5.10 Å². The molecule has 124 valence electrons. The Hall–Kier alpha value is -2.50. The summed E-state index contributed by atoms with van der Waals surface area (Å²) in [7, 11) is 1.78. The lowest BCUT2D eigenvalue weighted by molar-refractivity contribution is 0.475. The molecule has 0 atom stereocenters. The van der Waals surface area contributed by atoms with E-state index in [9.17, 15) is 5.11 Å². The van der Waals surface area contributed by atoms with Crippen molar-refractivity contribution >= 4 is 5.96 Å². The monoisotopic (exact) mass is 315 g/mol. The van der Waals surface area contributed by atoms with Gasteiger partial charge in [0.2, 0.25) is 0 Å². The van der Waals surface area contributed by atoms with Crippen LogP contribution < -0.4 is 10.6 Å². The summed E-state index contributed by atoms with van der Waals surface area (Å²) >= 11 is 0. The van der Waals surface area contributed by atoms with Gasteiger partial charge in [0.15, 0.2) is 5.96 Å². The molecule has 6 heteroatoms. The van der Waals surface area contributed by atoms with E-state index in [0.717, 1.165) is 44.9 Å². The summed E-state index contributed by atoms with van der Waals surface area (Å²) in [4.78, 5) is 4.22. The smallest absolute Gasteiger partial charge is 0.190 e. The highest BCUT2D eigenvalue weighted by Gasteiger charge is 1.98. The maximum absolute atomic E-state index is 9.25. The number of aromatic hydroxyl groups is 1. The Morgan fingerprint density at radius 2 is 1.91 bits per heavy atom. The molecule has 0 aliphatic rings. The minimum absolute atomic E-state index is 0.312. The van der Waals surface area contributed by atoms with Crippen molar-refractivity contribution in [2.45, 2.75) is 25.8 Å². The van der Waals surface area contributed by atoms with E-state index in [-0.39, 0.29) is 0 Å². The lowest BCUT2D eigenvalue weighted by Crippen LogP contribution is -2.38. The summed E-state index contributed by atoms with van der Waals surface area (Å²) in [6.45, 7) is 2.62.